The van der Waals surface area contributed by atoms with Crippen LogP contribution in [0.1, 0.15) is 20.8 Å². The summed E-state index contributed by atoms with van der Waals surface area (Å²) in [6.07, 6.45) is -10.0. The second-order valence-electron chi connectivity index (χ2n) is 3.69. The van der Waals surface area contributed by atoms with Crippen molar-refractivity contribution in [3.8, 4) is 0 Å². The van der Waals surface area contributed by atoms with Gasteiger partial charge in [0.2, 0.25) is 0 Å². The van der Waals surface area contributed by atoms with Gasteiger partial charge in [-0.05, 0) is 20.8 Å². The number of rotatable bonds is 5. The molecule has 0 amide bonds. The SMILES string of the molecule is C=CC(C)(C)C(F)(F)OC(C)OC(F)(F)F. The van der Waals surface area contributed by atoms with E-state index in [-0.39, 0.29) is 0 Å². The van der Waals surface area contributed by atoms with Gasteiger partial charge in [-0.3, -0.25) is 9.47 Å². The molecule has 0 bridgehead atoms. The van der Waals surface area contributed by atoms with Gasteiger partial charge in [0.05, 0.1) is 5.41 Å². The van der Waals surface area contributed by atoms with Crippen molar-refractivity contribution in [2.75, 3.05) is 0 Å². The van der Waals surface area contributed by atoms with Gasteiger partial charge >= 0.3 is 12.5 Å². The topological polar surface area (TPSA) is 18.5 Å². The summed E-state index contributed by atoms with van der Waals surface area (Å²) in [6, 6.07) is 0. The molecule has 16 heavy (non-hydrogen) atoms. The Morgan fingerprint density at radius 1 is 1.06 bits per heavy atom. The summed E-state index contributed by atoms with van der Waals surface area (Å²) >= 11 is 0. The van der Waals surface area contributed by atoms with Gasteiger partial charge in [-0.15, -0.1) is 19.8 Å². The third-order valence-electron chi connectivity index (χ3n) is 1.87. The van der Waals surface area contributed by atoms with E-state index >= 15 is 0 Å². The van der Waals surface area contributed by atoms with Crippen LogP contribution in [0, 0.1) is 5.41 Å². The quantitative estimate of drug-likeness (QED) is 0.419. The molecule has 0 aromatic heterocycles. The average Bonchev–Trinajstić information content (AvgIpc) is 1.98. The maximum Gasteiger partial charge on any atom is 0.524 e. The van der Waals surface area contributed by atoms with Gasteiger partial charge in [-0.1, -0.05) is 6.08 Å². The molecule has 0 heterocycles. The first-order valence-corrected chi connectivity index (χ1v) is 4.35. The molecule has 0 aromatic carbocycles. The first kappa shape index (κ1) is 15.3. The van der Waals surface area contributed by atoms with E-state index in [1.165, 1.54) is 0 Å². The lowest BCUT2D eigenvalue weighted by Gasteiger charge is -2.32. The molecule has 0 aliphatic rings. The molecule has 2 nitrogen and oxygen atoms in total. The Balaban J connectivity index is 4.54. The van der Waals surface area contributed by atoms with Crippen LogP contribution in [0.3, 0.4) is 0 Å². The van der Waals surface area contributed by atoms with Crippen molar-refractivity contribution >= 4 is 0 Å². The molecule has 0 fully saturated rings. The number of hydrogen-bond donors (Lipinski definition) is 0. The minimum Gasteiger partial charge on any atom is -0.290 e. The van der Waals surface area contributed by atoms with Crippen LogP contribution in [0.15, 0.2) is 12.7 Å². The van der Waals surface area contributed by atoms with Gasteiger partial charge < -0.3 is 0 Å². The van der Waals surface area contributed by atoms with Crippen molar-refractivity contribution in [2.24, 2.45) is 5.41 Å². The first-order chi connectivity index (χ1) is 6.91. The van der Waals surface area contributed by atoms with E-state index in [1.54, 1.807) is 0 Å². The molecule has 0 aromatic rings. The van der Waals surface area contributed by atoms with E-state index < -0.39 is 24.2 Å². The summed E-state index contributed by atoms with van der Waals surface area (Å²) in [5.74, 6) is 0. The van der Waals surface area contributed by atoms with E-state index in [2.05, 4.69) is 16.1 Å². The van der Waals surface area contributed by atoms with Gasteiger partial charge in [-0.2, -0.15) is 8.78 Å². The first-order valence-electron chi connectivity index (χ1n) is 4.35. The third kappa shape index (κ3) is 4.44. The average molecular weight is 248 g/mol. The fraction of sp³-hybridized carbons (Fsp3) is 0.778. The Kier molecular flexibility index (Phi) is 4.46. The number of ether oxygens (including phenoxy) is 2. The van der Waals surface area contributed by atoms with E-state index in [1.807, 2.05) is 0 Å². The lowest BCUT2D eigenvalue weighted by atomic mass is 9.92. The van der Waals surface area contributed by atoms with Crippen LogP contribution < -0.4 is 0 Å². The van der Waals surface area contributed by atoms with E-state index in [0.717, 1.165) is 26.8 Å². The smallest absolute Gasteiger partial charge is 0.290 e. The molecule has 0 radical (unpaired) electrons. The third-order valence-corrected chi connectivity index (χ3v) is 1.87. The van der Waals surface area contributed by atoms with Gasteiger partial charge in [0.1, 0.15) is 0 Å². The zero-order chi connectivity index (χ0) is 13.2. The van der Waals surface area contributed by atoms with Crippen LogP contribution in [-0.2, 0) is 9.47 Å². The Hall–Kier alpha value is -0.690. The van der Waals surface area contributed by atoms with Crippen molar-refractivity contribution in [3.05, 3.63) is 12.7 Å². The monoisotopic (exact) mass is 248 g/mol. The highest BCUT2D eigenvalue weighted by Gasteiger charge is 2.48. The van der Waals surface area contributed by atoms with Gasteiger partial charge in [0.25, 0.3) is 0 Å². The summed E-state index contributed by atoms with van der Waals surface area (Å²) < 4.78 is 68.8. The fourth-order valence-electron chi connectivity index (χ4n) is 0.691. The minimum absolute atomic E-state index is 0.737. The van der Waals surface area contributed by atoms with Crippen molar-refractivity contribution < 1.29 is 31.4 Å². The highest BCUT2D eigenvalue weighted by Crippen LogP contribution is 2.39. The fourth-order valence-corrected chi connectivity index (χ4v) is 0.691. The Morgan fingerprint density at radius 2 is 1.50 bits per heavy atom. The predicted octanol–water partition coefficient (Wildman–Crippen LogP) is 3.69. The standard InChI is InChI=1S/C9H13F5O2/c1-5-7(3,4)8(10,11)15-6(2)16-9(12,13)14/h5-6H,1H2,2-4H3. The molecule has 0 rings (SSSR count). The molecule has 0 N–H and O–H groups in total. The van der Waals surface area contributed by atoms with Crippen LogP contribution in [0.25, 0.3) is 0 Å². The van der Waals surface area contributed by atoms with Crippen LogP contribution in [-0.4, -0.2) is 18.8 Å². The molecule has 1 unspecified atom stereocenters. The van der Waals surface area contributed by atoms with E-state index in [4.69, 9.17) is 0 Å². The Bertz CT molecular complexity index is 247. The van der Waals surface area contributed by atoms with Crippen LogP contribution in [0.2, 0.25) is 0 Å². The van der Waals surface area contributed by atoms with Gasteiger partial charge in [-0.25, -0.2) is 0 Å². The second kappa shape index (κ2) is 4.67. The van der Waals surface area contributed by atoms with E-state index in [9.17, 15) is 22.0 Å². The highest BCUT2D eigenvalue weighted by molar-refractivity contribution is 4.94. The zero-order valence-corrected chi connectivity index (χ0v) is 9.07. The predicted molar refractivity (Wildman–Crippen MR) is 46.6 cm³/mol. The summed E-state index contributed by atoms with van der Waals surface area (Å²) in [5.41, 5.74) is -1.80. The summed E-state index contributed by atoms with van der Waals surface area (Å²) in [6.45, 7) is 6.06. The summed E-state index contributed by atoms with van der Waals surface area (Å²) in [4.78, 5) is 0. The van der Waals surface area contributed by atoms with Crippen LogP contribution >= 0.6 is 0 Å². The van der Waals surface area contributed by atoms with Gasteiger partial charge in [0.15, 0.2) is 6.29 Å². The normalized spacial score (nSPS) is 16.0. The van der Waals surface area contributed by atoms with Crippen LogP contribution in [0.4, 0.5) is 22.0 Å². The maximum atomic E-state index is 13.3. The molecule has 1 atom stereocenters. The molecular formula is C9H13F5O2. The molecule has 7 heteroatoms. The Labute approximate surface area is 90.0 Å². The molecule has 0 spiro atoms. The lowest BCUT2D eigenvalue weighted by molar-refractivity contribution is -0.421. The molecule has 0 saturated carbocycles. The maximum absolute atomic E-state index is 13.3. The molecule has 96 valence electrons. The largest absolute Gasteiger partial charge is 0.524 e. The Morgan fingerprint density at radius 3 is 1.81 bits per heavy atom. The summed E-state index contributed by atoms with van der Waals surface area (Å²) in [7, 11) is 0. The molecule has 0 aliphatic carbocycles. The zero-order valence-electron chi connectivity index (χ0n) is 9.07. The molecule has 0 aliphatic heterocycles. The molecule has 0 saturated heterocycles. The van der Waals surface area contributed by atoms with Crippen molar-refractivity contribution in [1.82, 2.24) is 0 Å². The minimum atomic E-state index is -5.02. The number of halogens is 5. The summed E-state index contributed by atoms with van der Waals surface area (Å²) in [5, 5.41) is 0. The van der Waals surface area contributed by atoms with Crippen molar-refractivity contribution in [1.29, 1.82) is 0 Å². The molecular weight excluding hydrogens is 235 g/mol. The number of hydrogen-bond acceptors (Lipinski definition) is 2. The second-order valence-corrected chi connectivity index (χ2v) is 3.69. The lowest BCUT2D eigenvalue weighted by Crippen LogP contribution is -2.41. The number of alkyl halides is 5. The van der Waals surface area contributed by atoms with Crippen molar-refractivity contribution in [2.45, 2.75) is 39.5 Å². The van der Waals surface area contributed by atoms with Crippen LogP contribution in [0.5, 0.6) is 0 Å². The van der Waals surface area contributed by atoms with Gasteiger partial charge in [0, 0.05) is 0 Å². The highest BCUT2D eigenvalue weighted by atomic mass is 19.4. The van der Waals surface area contributed by atoms with E-state index in [0.29, 0.717) is 0 Å². The van der Waals surface area contributed by atoms with Crippen molar-refractivity contribution in [3.63, 3.8) is 0 Å².